The van der Waals surface area contributed by atoms with E-state index in [9.17, 15) is 4.79 Å². The maximum atomic E-state index is 11.5. The molecular weight excluding hydrogens is 264 g/mol. The number of nitrogens with zero attached hydrogens (tertiary/aromatic N) is 2. The molecule has 0 bridgehead atoms. The molecule has 0 amide bonds. The van der Waals surface area contributed by atoms with E-state index in [1.807, 2.05) is 0 Å². The van der Waals surface area contributed by atoms with Gasteiger partial charge in [0, 0.05) is 19.1 Å². The van der Waals surface area contributed by atoms with Crippen LogP contribution in [0.15, 0.2) is 11.0 Å². The molecule has 2 saturated heterocycles. The number of nitrogens with one attached hydrogen (secondary N) is 2. The van der Waals surface area contributed by atoms with Crippen LogP contribution < -0.4 is 15.8 Å². The molecule has 2 unspecified atom stereocenters. The van der Waals surface area contributed by atoms with Crippen molar-refractivity contribution in [3.63, 3.8) is 0 Å². The first kappa shape index (κ1) is 12.9. The van der Waals surface area contributed by atoms with Crippen LogP contribution in [0.1, 0.15) is 25.7 Å². The van der Waals surface area contributed by atoms with E-state index < -0.39 is 0 Å². The van der Waals surface area contributed by atoms with Gasteiger partial charge < -0.3 is 10.2 Å². The van der Waals surface area contributed by atoms with E-state index in [1.54, 1.807) is 6.20 Å². The van der Waals surface area contributed by atoms with E-state index in [0.717, 1.165) is 31.7 Å². The quantitative estimate of drug-likeness (QED) is 0.861. The molecule has 0 saturated carbocycles. The van der Waals surface area contributed by atoms with Crippen LogP contribution >= 0.6 is 11.6 Å². The van der Waals surface area contributed by atoms with Crippen LogP contribution in [0.2, 0.25) is 5.02 Å². The molecule has 2 fully saturated rings. The summed E-state index contributed by atoms with van der Waals surface area (Å²) in [6.07, 6.45) is 6.59. The Balaban J connectivity index is 1.77. The number of aromatic nitrogens is 2. The number of aromatic amines is 1. The third kappa shape index (κ3) is 2.62. The molecule has 0 spiro atoms. The Labute approximate surface area is 117 Å². The van der Waals surface area contributed by atoms with Crippen LogP contribution in [-0.2, 0) is 0 Å². The van der Waals surface area contributed by atoms with Crippen LogP contribution in [0, 0.1) is 5.92 Å². The second-order valence-electron chi connectivity index (χ2n) is 5.45. The average Bonchev–Trinajstić information content (AvgIpc) is 2.96. The van der Waals surface area contributed by atoms with Crippen LogP contribution in [-0.4, -0.2) is 35.9 Å². The summed E-state index contributed by atoms with van der Waals surface area (Å²) in [6, 6.07) is 0.622. The van der Waals surface area contributed by atoms with Gasteiger partial charge in [-0.25, -0.2) is 5.10 Å². The standard InChI is InChI=1S/C13H19ClN4O/c14-12-11(7-16-17-13(12)19)18-6-2-3-9(8-18)10-4-1-5-15-10/h7,9-10,15H,1-6,8H2,(H,17,19). The van der Waals surface area contributed by atoms with Gasteiger partial charge in [0.25, 0.3) is 5.56 Å². The predicted octanol–water partition coefficient (Wildman–Crippen LogP) is 1.39. The van der Waals surface area contributed by atoms with Crippen molar-refractivity contribution in [2.24, 2.45) is 5.92 Å². The Morgan fingerprint density at radius 3 is 3.05 bits per heavy atom. The fourth-order valence-electron chi connectivity index (χ4n) is 3.27. The number of H-pyrrole nitrogens is 1. The van der Waals surface area contributed by atoms with Crippen molar-refractivity contribution in [2.75, 3.05) is 24.5 Å². The zero-order chi connectivity index (χ0) is 13.2. The number of piperidine rings is 1. The molecule has 0 radical (unpaired) electrons. The summed E-state index contributed by atoms with van der Waals surface area (Å²) in [5, 5.41) is 10.1. The van der Waals surface area contributed by atoms with E-state index in [0.29, 0.717) is 12.0 Å². The van der Waals surface area contributed by atoms with Gasteiger partial charge in [-0.1, -0.05) is 11.6 Å². The lowest BCUT2D eigenvalue weighted by atomic mass is 9.89. The van der Waals surface area contributed by atoms with Gasteiger partial charge in [0.1, 0.15) is 5.02 Å². The molecule has 6 heteroatoms. The van der Waals surface area contributed by atoms with E-state index in [4.69, 9.17) is 11.6 Å². The highest BCUT2D eigenvalue weighted by atomic mass is 35.5. The van der Waals surface area contributed by atoms with Crippen molar-refractivity contribution < 1.29 is 0 Å². The molecule has 1 aromatic heterocycles. The molecular formula is C13H19ClN4O. The number of halogens is 1. The summed E-state index contributed by atoms with van der Waals surface area (Å²) < 4.78 is 0. The molecule has 0 aromatic carbocycles. The predicted molar refractivity (Wildman–Crippen MR) is 75.8 cm³/mol. The Hall–Kier alpha value is -1.07. The lowest BCUT2D eigenvalue weighted by molar-refractivity contribution is 0.328. The van der Waals surface area contributed by atoms with Crippen molar-refractivity contribution >= 4 is 17.3 Å². The number of anilines is 1. The van der Waals surface area contributed by atoms with E-state index in [2.05, 4.69) is 20.4 Å². The Morgan fingerprint density at radius 2 is 2.26 bits per heavy atom. The molecule has 19 heavy (non-hydrogen) atoms. The number of rotatable bonds is 2. The van der Waals surface area contributed by atoms with Gasteiger partial charge in [0.15, 0.2) is 0 Å². The topological polar surface area (TPSA) is 61.0 Å². The lowest BCUT2D eigenvalue weighted by Crippen LogP contribution is -2.44. The fourth-order valence-corrected chi connectivity index (χ4v) is 3.48. The highest BCUT2D eigenvalue weighted by molar-refractivity contribution is 6.32. The molecule has 2 atom stereocenters. The summed E-state index contributed by atoms with van der Waals surface area (Å²) >= 11 is 6.09. The minimum absolute atomic E-state index is 0.259. The normalized spacial score (nSPS) is 27.7. The van der Waals surface area contributed by atoms with E-state index in [1.165, 1.54) is 19.3 Å². The molecule has 2 aliphatic rings. The first-order chi connectivity index (χ1) is 9.25. The molecule has 3 rings (SSSR count). The SMILES string of the molecule is O=c1[nH]ncc(N2CCCC(C3CCCN3)C2)c1Cl. The first-order valence-electron chi connectivity index (χ1n) is 6.97. The number of hydrogen-bond donors (Lipinski definition) is 2. The van der Waals surface area contributed by atoms with E-state index >= 15 is 0 Å². The molecule has 2 N–H and O–H groups in total. The summed E-state index contributed by atoms with van der Waals surface area (Å²) in [6.45, 7) is 3.05. The van der Waals surface area contributed by atoms with Crippen molar-refractivity contribution in [1.29, 1.82) is 0 Å². The van der Waals surface area contributed by atoms with Gasteiger partial charge in [0.2, 0.25) is 0 Å². The summed E-state index contributed by atoms with van der Waals surface area (Å²) in [7, 11) is 0. The highest BCUT2D eigenvalue weighted by Crippen LogP contribution is 2.29. The zero-order valence-corrected chi connectivity index (χ0v) is 11.6. The molecule has 3 heterocycles. The largest absolute Gasteiger partial charge is 0.369 e. The maximum absolute atomic E-state index is 11.5. The molecule has 0 aliphatic carbocycles. The number of hydrogen-bond acceptors (Lipinski definition) is 4. The zero-order valence-electron chi connectivity index (χ0n) is 10.9. The van der Waals surface area contributed by atoms with Crippen LogP contribution in [0.25, 0.3) is 0 Å². The van der Waals surface area contributed by atoms with Crippen LogP contribution in [0.4, 0.5) is 5.69 Å². The first-order valence-corrected chi connectivity index (χ1v) is 7.35. The maximum Gasteiger partial charge on any atom is 0.285 e. The van der Waals surface area contributed by atoms with Crippen LogP contribution in [0.5, 0.6) is 0 Å². The second-order valence-corrected chi connectivity index (χ2v) is 5.83. The van der Waals surface area contributed by atoms with Gasteiger partial charge in [-0.3, -0.25) is 4.79 Å². The van der Waals surface area contributed by atoms with Crippen molar-refractivity contribution in [3.8, 4) is 0 Å². The second kappa shape index (κ2) is 5.51. The van der Waals surface area contributed by atoms with E-state index in [-0.39, 0.29) is 10.6 Å². The van der Waals surface area contributed by atoms with Gasteiger partial charge in [-0.05, 0) is 38.1 Å². The lowest BCUT2D eigenvalue weighted by Gasteiger charge is -2.37. The molecule has 104 valence electrons. The Morgan fingerprint density at radius 1 is 1.37 bits per heavy atom. The van der Waals surface area contributed by atoms with Gasteiger partial charge in [0.05, 0.1) is 11.9 Å². The Bertz CT molecular complexity index is 498. The third-order valence-electron chi connectivity index (χ3n) is 4.24. The minimum atomic E-state index is -0.305. The average molecular weight is 283 g/mol. The Kier molecular flexibility index (Phi) is 3.75. The van der Waals surface area contributed by atoms with Crippen molar-refractivity contribution in [3.05, 3.63) is 21.6 Å². The summed E-state index contributed by atoms with van der Waals surface area (Å²) in [4.78, 5) is 13.7. The molecule has 5 nitrogen and oxygen atoms in total. The van der Waals surface area contributed by atoms with Gasteiger partial charge >= 0.3 is 0 Å². The van der Waals surface area contributed by atoms with Crippen molar-refractivity contribution in [1.82, 2.24) is 15.5 Å². The summed E-state index contributed by atoms with van der Waals surface area (Å²) in [5.74, 6) is 0.645. The fraction of sp³-hybridized carbons (Fsp3) is 0.692. The van der Waals surface area contributed by atoms with Gasteiger partial charge in [-0.2, -0.15) is 5.10 Å². The third-order valence-corrected chi connectivity index (χ3v) is 4.61. The monoisotopic (exact) mass is 282 g/mol. The smallest absolute Gasteiger partial charge is 0.285 e. The minimum Gasteiger partial charge on any atom is -0.369 e. The van der Waals surface area contributed by atoms with Gasteiger partial charge in [-0.15, -0.1) is 0 Å². The van der Waals surface area contributed by atoms with Crippen LogP contribution in [0.3, 0.4) is 0 Å². The summed E-state index contributed by atoms with van der Waals surface area (Å²) in [5.41, 5.74) is 0.466. The van der Waals surface area contributed by atoms with Crippen molar-refractivity contribution in [2.45, 2.75) is 31.7 Å². The molecule has 1 aromatic rings. The molecule has 2 aliphatic heterocycles. The highest BCUT2D eigenvalue weighted by Gasteiger charge is 2.30.